The van der Waals surface area contributed by atoms with E-state index < -0.39 is 0 Å². The smallest absolute Gasteiger partial charge is 0.0431 e. The zero-order chi connectivity index (χ0) is 9.57. The molecule has 2 heteroatoms. The second-order valence-corrected chi connectivity index (χ2v) is 8.25. The van der Waals surface area contributed by atoms with Crippen molar-refractivity contribution in [3.8, 4) is 0 Å². The molecule has 1 aliphatic heterocycles. The maximum Gasteiger partial charge on any atom is 0.0431 e. The van der Waals surface area contributed by atoms with Gasteiger partial charge in [-0.1, -0.05) is 12.2 Å². The lowest BCUT2D eigenvalue weighted by molar-refractivity contribution is 0.287. The first kappa shape index (κ1) is 11.1. The number of aliphatic hydroxyl groups is 1. The van der Waals surface area contributed by atoms with Gasteiger partial charge in [-0.3, -0.25) is 0 Å². The Kier molecular flexibility index (Phi) is 4.89. The Labute approximate surface area is 83.5 Å². The molecule has 1 nitrogen and oxygen atoms in total. The fourth-order valence-electron chi connectivity index (χ4n) is 1.81. The Morgan fingerprint density at radius 2 is 1.77 bits per heavy atom. The van der Waals surface area contributed by atoms with Crippen molar-refractivity contribution in [1.29, 1.82) is 0 Å². The number of hydrogen-bond acceptors (Lipinski definition) is 1. The van der Waals surface area contributed by atoms with Crippen LogP contribution in [0.1, 0.15) is 25.7 Å². The van der Waals surface area contributed by atoms with Crippen LogP contribution in [0.4, 0.5) is 0 Å². The number of allylic oxidation sites excluding steroid dienone is 2. The van der Waals surface area contributed by atoms with Crippen LogP contribution in [0.3, 0.4) is 0 Å². The van der Waals surface area contributed by atoms with Gasteiger partial charge in [0.15, 0.2) is 0 Å². The molecular weight excluding hydrogens is 180 g/mol. The Hall–Kier alpha value is 0.0500. The molecule has 1 N–H and O–H groups in total. The predicted molar refractivity (Wildman–Crippen MR) is 62.8 cm³/mol. The zero-order valence-electron chi connectivity index (χ0n) is 8.67. The second-order valence-electron chi connectivity index (χ2n) is 4.07. The lowest BCUT2D eigenvalue weighted by Gasteiger charge is -2.34. The molecule has 0 aromatic heterocycles. The standard InChI is InChI=1S/C11H22OS/c1-13(11-7-4-8-12)9-5-2-3-6-10-13/h2-3,12H,4-11H2,1H3. The van der Waals surface area contributed by atoms with Crippen LogP contribution in [-0.4, -0.2) is 35.2 Å². The molecule has 0 spiro atoms. The SMILES string of the molecule is CS1(CCCCO)CCC=CCC1. The van der Waals surface area contributed by atoms with Crippen LogP contribution in [0.5, 0.6) is 0 Å². The lowest BCUT2D eigenvalue weighted by atomic mass is 10.4. The van der Waals surface area contributed by atoms with Crippen LogP contribution in [0.15, 0.2) is 12.2 Å². The van der Waals surface area contributed by atoms with Crippen LogP contribution in [0, 0.1) is 0 Å². The molecule has 1 heterocycles. The lowest BCUT2D eigenvalue weighted by Crippen LogP contribution is -2.11. The van der Waals surface area contributed by atoms with Crippen LogP contribution < -0.4 is 0 Å². The molecule has 0 amide bonds. The molecule has 0 unspecified atom stereocenters. The van der Waals surface area contributed by atoms with Crippen LogP contribution >= 0.6 is 10.0 Å². The summed E-state index contributed by atoms with van der Waals surface area (Å²) in [5.41, 5.74) is 0. The highest BCUT2D eigenvalue weighted by Crippen LogP contribution is 2.47. The summed E-state index contributed by atoms with van der Waals surface area (Å²) >= 11 is 0. The highest BCUT2D eigenvalue weighted by atomic mass is 32.3. The van der Waals surface area contributed by atoms with E-state index in [9.17, 15) is 0 Å². The summed E-state index contributed by atoms with van der Waals surface area (Å²) in [7, 11) is -0.323. The minimum atomic E-state index is -0.323. The van der Waals surface area contributed by atoms with Crippen molar-refractivity contribution < 1.29 is 5.11 Å². The maximum absolute atomic E-state index is 8.73. The molecule has 1 aliphatic rings. The van der Waals surface area contributed by atoms with Gasteiger partial charge in [0, 0.05) is 6.61 Å². The minimum Gasteiger partial charge on any atom is -0.396 e. The van der Waals surface area contributed by atoms with E-state index in [1.54, 1.807) is 0 Å². The first-order valence-corrected chi connectivity index (χ1v) is 7.79. The number of rotatable bonds is 4. The van der Waals surface area contributed by atoms with Gasteiger partial charge in [0.1, 0.15) is 0 Å². The van der Waals surface area contributed by atoms with Crippen LogP contribution in [0.25, 0.3) is 0 Å². The summed E-state index contributed by atoms with van der Waals surface area (Å²) < 4.78 is 0. The molecular formula is C11H22OS. The van der Waals surface area contributed by atoms with E-state index in [2.05, 4.69) is 18.4 Å². The molecule has 78 valence electrons. The second kappa shape index (κ2) is 5.71. The Morgan fingerprint density at radius 1 is 1.15 bits per heavy atom. The summed E-state index contributed by atoms with van der Waals surface area (Å²) in [6, 6.07) is 0. The quantitative estimate of drug-likeness (QED) is 0.549. The van der Waals surface area contributed by atoms with Gasteiger partial charge in [0.05, 0.1) is 0 Å². The van der Waals surface area contributed by atoms with Crippen molar-refractivity contribution >= 4 is 10.0 Å². The Bertz CT molecular complexity index is 155. The van der Waals surface area contributed by atoms with E-state index in [-0.39, 0.29) is 10.0 Å². The fraction of sp³-hybridized carbons (Fsp3) is 0.818. The summed E-state index contributed by atoms with van der Waals surface area (Å²) in [6.07, 6.45) is 11.9. The molecule has 0 aromatic rings. The molecule has 0 fully saturated rings. The van der Waals surface area contributed by atoms with Crippen molar-refractivity contribution in [2.75, 3.05) is 30.1 Å². The molecule has 13 heavy (non-hydrogen) atoms. The number of aliphatic hydroxyl groups excluding tert-OH is 1. The Morgan fingerprint density at radius 3 is 2.31 bits per heavy atom. The Balaban J connectivity index is 2.27. The molecule has 0 radical (unpaired) electrons. The highest BCUT2D eigenvalue weighted by molar-refractivity contribution is 8.33. The van der Waals surface area contributed by atoms with Gasteiger partial charge in [-0.25, -0.2) is 10.0 Å². The van der Waals surface area contributed by atoms with Gasteiger partial charge >= 0.3 is 0 Å². The minimum absolute atomic E-state index is 0.323. The molecule has 1 rings (SSSR count). The monoisotopic (exact) mass is 202 g/mol. The zero-order valence-corrected chi connectivity index (χ0v) is 9.48. The van der Waals surface area contributed by atoms with Crippen molar-refractivity contribution in [3.63, 3.8) is 0 Å². The summed E-state index contributed by atoms with van der Waals surface area (Å²) in [5.74, 6) is 4.19. The summed E-state index contributed by atoms with van der Waals surface area (Å²) in [6.45, 7) is 0.369. The molecule has 0 bridgehead atoms. The van der Waals surface area contributed by atoms with E-state index in [0.717, 1.165) is 6.42 Å². The van der Waals surface area contributed by atoms with Crippen molar-refractivity contribution in [2.45, 2.75) is 25.7 Å². The van der Waals surface area contributed by atoms with E-state index in [0.29, 0.717) is 6.61 Å². The van der Waals surface area contributed by atoms with Gasteiger partial charge in [-0.2, -0.15) is 0 Å². The van der Waals surface area contributed by atoms with Gasteiger partial charge in [0.2, 0.25) is 0 Å². The molecule has 0 aliphatic carbocycles. The summed E-state index contributed by atoms with van der Waals surface area (Å²) in [4.78, 5) is 0. The molecule has 0 atom stereocenters. The van der Waals surface area contributed by atoms with Crippen molar-refractivity contribution in [1.82, 2.24) is 0 Å². The van der Waals surface area contributed by atoms with Crippen LogP contribution in [-0.2, 0) is 0 Å². The van der Waals surface area contributed by atoms with E-state index >= 15 is 0 Å². The fourth-order valence-corrected chi connectivity index (χ4v) is 4.73. The van der Waals surface area contributed by atoms with Gasteiger partial charge in [0.25, 0.3) is 0 Å². The average molecular weight is 202 g/mol. The van der Waals surface area contributed by atoms with E-state index in [1.165, 1.54) is 36.5 Å². The maximum atomic E-state index is 8.73. The third kappa shape index (κ3) is 4.19. The van der Waals surface area contributed by atoms with Gasteiger partial charge in [-0.05, 0) is 49.2 Å². The first-order valence-electron chi connectivity index (χ1n) is 5.24. The third-order valence-electron chi connectivity index (χ3n) is 2.77. The number of unbranched alkanes of at least 4 members (excludes halogenated alkanes) is 1. The normalized spacial score (nSPS) is 23.8. The van der Waals surface area contributed by atoms with E-state index in [1.807, 2.05) is 0 Å². The van der Waals surface area contributed by atoms with Gasteiger partial charge in [-0.15, -0.1) is 0 Å². The predicted octanol–water partition coefficient (Wildman–Crippen LogP) is 2.54. The van der Waals surface area contributed by atoms with E-state index in [4.69, 9.17) is 5.11 Å². The van der Waals surface area contributed by atoms with Crippen LogP contribution in [0.2, 0.25) is 0 Å². The topological polar surface area (TPSA) is 20.2 Å². The highest BCUT2D eigenvalue weighted by Gasteiger charge is 2.17. The first-order chi connectivity index (χ1) is 6.27. The number of hydrogen-bond donors (Lipinski definition) is 1. The third-order valence-corrected chi connectivity index (χ3v) is 6.48. The molecule has 0 aromatic carbocycles. The largest absolute Gasteiger partial charge is 0.396 e. The summed E-state index contributed by atoms with van der Waals surface area (Å²) in [5, 5.41) is 8.73. The van der Waals surface area contributed by atoms with Gasteiger partial charge < -0.3 is 5.11 Å². The molecule has 0 saturated heterocycles. The molecule has 0 saturated carbocycles. The average Bonchev–Trinajstić information content (AvgIpc) is 2.31. The van der Waals surface area contributed by atoms with Crippen molar-refractivity contribution in [2.24, 2.45) is 0 Å². The van der Waals surface area contributed by atoms with Crippen molar-refractivity contribution in [3.05, 3.63) is 12.2 Å².